The maximum atomic E-state index is 13.1. The molecule has 162 valence electrons. The number of aryl methyl sites for hydroxylation is 1. The van der Waals surface area contributed by atoms with Gasteiger partial charge in [-0.1, -0.05) is 12.1 Å². The van der Waals surface area contributed by atoms with Crippen molar-refractivity contribution >= 4 is 11.6 Å². The third-order valence-corrected chi connectivity index (χ3v) is 5.76. The normalized spacial score (nSPS) is 19.6. The fourth-order valence-electron chi connectivity index (χ4n) is 3.89. The Morgan fingerprint density at radius 1 is 1.10 bits per heavy atom. The molecule has 1 aliphatic heterocycles. The minimum absolute atomic E-state index is 0.00636. The van der Waals surface area contributed by atoms with Crippen molar-refractivity contribution in [2.45, 2.75) is 39.4 Å². The van der Waals surface area contributed by atoms with Gasteiger partial charge in [0.2, 0.25) is 0 Å². The first-order valence-corrected chi connectivity index (χ1v) is 10.4. The number of amides is 1. The van der Waals surface area contributed by atoms with E-state index in [2.05, 4.69) is 24.8 Å². The van der Waals surface area contributed by atoms with Crippen LogP contribution in [0.3, 0.4) is 0 Å². The van der Waals surface area contributed by atoms with E-state index in [1.807, 2.05) is 55.1 Å². The molecule has 5 nitrogen and oxygen atoms in total. The highest BCUT2D eigenvalue weighted by Crippen LogP contribution is 2.24. The molecule has 0 saturated carbocycles. The van der Waals surface area contributed by atoms with Gasteiger partial charge in [-0.3, -0.25) is 9.69 Å². The van der Waals surface area contributed by atoms with Crippen molar-refractivity contribution in [3.8, 4) is 5.75 Å². The number of benzene rings is 2. The zero-order valence-corrected chi connectivity index (χ0v) is 18.6. The minimum Gasteiger partial charge on any atom is -0.483 e. The monoisotopic (exact) mass is 413 g/mol. The van der Waals surface area contributed by atoms with Gasteiger partial charge in [0.05, 0.1) is 0 Å². The van der Waals surface area contributed by atoms with Crippen LogP contribution < -0.4 is 9.64 Å². The van der Waals surface area contributed by atoms with Gasteiger partial charge in [-0.25, -0.2) is 4.39 Å². The average Bonchev–Trinajstić information content (AvgIpc) is 2.70. The molecule has 3 rings (SSSR count). The Morgan fingerprint density at radius 2 is 1.80 bits per heavy atom. The Hall–Kier alpha value is -2.60. The zero-order chi connectivity index (χ0) is 21.8. The van der Waals surface area contributed by atoms with E-state index in [9.17, 15) is 9.18 Å². The summed E-state index contributed by atoms with van der Waals surface area (Å²) in [5, 5.41) is 0. The number of ether oxygens (including phenoxy) is 1. The van der Waals surface area contributed by atoms with Gasteiger partial charge in [-0.15, -0.1) is 0 Å². The predicted octanol–water partition coefficient (Wildman–Crippen LogP) is 3.70. The molecule has 1 aliphatic rings. The topological polar surface area (TPSA) is 36.0 Å². The number of nitrogens with zero attached hydrogens (tertiary/aromatic N) is 3. The van der Waals surface area contributed by atoms with Crippen LogP contribution in [-0.2, 0) is 11.3 Å². The molecule has 2 unspecified atom stereocenters. The van der Waals surface area contributed by atoms with Gasteiger partial charge in [0, 0.05) is 51.5 Å². The molecule has 2 atom stereocenters. The Kier molecular flexibility index (Phi) is 6.98. The van der Waals surface area contributed by atoms with E-state index >= 15 is 0 Å². The number of hydrogen-bond donors (Lipinski definition) is 0. The molecule has 1 heterocycles. The lowest BCUT2D eigenvalue weighted by atomic mass is 10.1. The summed E-state index contributed by atoms with van der Waals surface area (Å²) in [5.74, 6) is 0.527. The van der Waals surface area contributed by atoms with Crippen LogP contribution in [0, 0.1) is 12.7 Å². The fraction of sp³-hybridized carbons (Fsp3) is 0.458. The molecule has 0 N–H and O–H groups in total. The number of halogens is 1. The number of carbonyl (C=O) groups is 1. The Bertz CT molecular complexity index is 869. The first-order chi connectivity index (χ1) is 14.2. The molecule has 2 aromatic carbocycles. The highest BCUT2D eigenvalue weighted by molar-refractivity contribution is 5.78. The van der Waals surface area contributed by atoms with Crippen LogP contribution >= 0.6 is 0 Å². The molecule has 2 aromatic rings. The van der Waals surface area contributed by atoms with Crippen LogP contribution in [0.1, 0.15) is 25.0 Å². The van der Waals surface area contributed by atoms with Crippen molar-refractivity contribution in [3.05, 3.63) is 59.4 Å². The second kappa shape index (κ2) is 9.47. The first kappa shape index (κ1) is 22.1. The Morgan fingerprint density at radius 3 is 2.43 bits per heavy atom. The van der Waals surface area contributed by atoms with Crippen LogP contribution in [0.4, 0.5) is 10.1 Å². The van der Waals surface area contributed by atoms with Gasteiger partial charge < -0.3 is 14.5 Å². The third-order valence-electron chi connectivity index (χ3n) is 5.76. The van der Waals surface area contributed by atoms with Crippen LogP contribution in [0.2, 0.25) is 0 Å². The summed E-state index contributed by atoms with van der Waals surface area (Å²) >= 11 is 0. The molecule has 6 heteroatoms. The van der Waals surface area contributed by atoms with E-state index in [0.29, 0.717) is 6.54 Å². The maximum Gasteiger partial charge on any atom is 0.260 e. The van der Waals surface area contributed by atoms with Gasteiger partial charge in [0.1, 0.15) is 11.6 Å². The van der Waals surface area contributed by atoms with Gasteiger partial charge in [0.15, 0.2) is 6.61 Å². The van der Waals surface area contributed by atoms with Crippen molar-refractivity contribution in [3.63, 3.8) is 0 Å². The summed E-state index contributed by atoms with van der Waals surface area (Å²) in [5.41, 5.74) is 3.20. The van der Waals surface area contributed by atoms with Crippen molar-refractivity contribution in [2.75, 3.05) is 38.7 Å². The van der Waals surface area contributed by atoms with Gasteiger partial charge in [-0.05, 0) is 62.2 Å². The van der Waals surface area contributed by atoms with Crippen molar-refractivity contribution < 1.29 is 13.9 Å². The summed E-state index contributed by atoms with van der Waals surface area (Å²) in [6.07, 6.45) is 0. The fourth-order valence-corrected chi connectivity index (χ4v) is 3.89. The van der Waals surface area contributed by atoms with Crippen molar-refractivity contribution in [1.82, 2.24) is 9.80 Å². The predicted molar refractivity (Wildman–Crippen MR) is 118 cm³/mol. The summed E-state index contributed by atoms with van der Waals surface area (Å²) < 4.78 is 19.0. The molecule has 0 spiro atoms. The lowest BCUT2D eigenvalue weighted by Crippen LogP contribution is -2.58. The maximum absolute atomic E-state index is 13.1. The molecule has 0 radical (unpaired) electrons. The first-order valence-electron chi connectivity index (χ1n) is 10.4. The summed E-state index contributed by atoms with van der Waals surface area (Å²) in [4.78, 5) is 19.1. The SMILES string of the molecule is Cc1cc(N(C)C)ccc1OCC(=O)N1CC(C)N(Cc2ccc(F)cc2)CC1C. The van der Waals surface area contributed by atoms with Crippen molar-refractivity contribution in [1.29, 1.82) is 0 Å². The molecule has 0 aliphatic carbocycles. The van der Waals surface area contributed by atoms with Crippen LogP contribution in [0.25, 0.3) is 0 Å². The zero-order valence-electron chi connectivity index (χ0n) is 18.6. The van der Waals surface area contributed by atoms with E-state index in [0.717, 1.165) is 35.7 Å². The molecular formula is C24H32FN3O2. The minimum atomic E-state index is -0.220. The van der Waals surface area contributed by atoms with Gasteiger partial charge >= 0.3 is 0 Å². The summed E-state index contributed by atoms with van der Waals surface area (Å²) in [6.45, 7) is 8.41. The number of carbonyl (C=O) groups excluding carboxylic acids is 1. The van der Waals surface area contributed by atoms with Crippen LogP contribution in [0.5, 0.6) is 5.75 Å². The molecule has 30 heavy (non-hydrogen) atoms. The number of rotatable bonds is 6. The quantitative estimate of drug-likeness (QED) is 0.724. The molecular weight excluding hydrogens is 381 g/mol. The Labute approximate surface area is 179 Å². The van der Waals surface area contributed by atoms with Crippen molar-refractivity contribution in [2.24, 2.45) is 0 Å². The Balaban J connectivity index is 1.56. The number of piperazine rings is 1. The van der Waals surface area contributed by atoms with E-state index in [1.54, 1.807) is 0 Å². The largest absolute Gasteiger partial charge is 0.483 e. The molecule has 0 aromatic heterocycles. The summed E-state index contributed by atoms with van der Waals surface area (Å²) in [7, 11) is 3.99. The van der Waals surface area contributed by atoms with E-state index in [-0.39, 0.29) is 30.4 Å². The highest BCUT2D eigenvalue weighted by Gasteiger charge is 2.32. The molecule has 1 amide bonds. The number of anilines is 1. The second-order valence-electron chi connectivity index (χ2n) is 8.43. The molecule has 1 saturated heterocycles. The molecule has 0 bridgehead atoms. The van der Waals surface area contributed by atoms with E-state index < -0.39 is 0 Å². The van der Waals surface area contributed by atoms with Crippen LogP contribution in [-0.4, -0.2) is 61.6 Å². The van der Waals surface area contributed by atoms with Crippen LogP contribution in [0.15, 0.2) is 42.5 Å². The van der Waals surface area contributed by atoms with E-state index in [1.165, 1.54) is 12.1 Å². The second-order valence-corrected chi connectivity index (χ2v) is 8.43. The highest BCUT2D eigenvalue weighted by atomic mass is 19.1. The lowest BCUT2D eigenvalue weighted by Gasteiger charge is -2.44. The lowest BCUT2D eigenvalue weighted by molar-refractivity contribution is -0.139. The average molecular weight is 414 g/mol. The third kappa shape index (κ3) is 5.30. The van der Waals surface area contributed by atoms with Gasteiger partial charge in [0.25, 0.3) is 5.91 Å². The van der Waals surface area contributed by atoms with Gasteiger partial charge in [-0.2, -0.15) is 0 Å². The molecule has 1 fully saturated rings. The summed E-state index contributed by atoms with van der Waals surface area (Å²) in [6, 6.07) is 12.9. The van der Waals surface area contributed by atoms with E-state index in [4.69, 9.17) is 4.74 Å². The number of hydrogen-bond acceptors (Lipinski definition) is 4. The smallest absolute Gasteiger partial charge is 0.260 e. The standard InChI is InChI=1S/C24H32FN3O2/c1-17-12-22(26(4)5)10-11-23(17)30-16-24(29)28-14-18(2)27(13-19(28)3)15-20-6-8-21(25)9-7-20/h6-12,18-19H,13-16H2,1-5H3.